The summed E-state index contributed by atoms with van der Waals surface area (Å²) >= 11 is 0. The van der Waals surface area contributed by atoms with Crippen molar-refractivity contribution in [3.63, 3.8) is 0 Å². The molecule has 0 unspecified atom stereocenters. The monoisotopic (exact) mass is 353 g/mol. The van der Waals surface area contributed by atoms with Gasteiger partial charge in [-0.15, -0.1) is 0 Å². The molecule has 6 heteroatoms. The average molecular weight is 353 g/mol. The van der Waals surface area contributed by atoms with Gasteiger partial charge in [-0.1, -0.05) is 30.3 Å². The number of piperazine rings is 1. The van der Waals surface area contributed by atoms with Crippen LogP contribution in [0.1, 0.15) is 15.9 Å². The van der Waals surface area contributed by atoms with E-state index < -0.39 is 6.04 Å². The summed E-state index contributed by atoms with van der Waals surface area (Å²) < 4.78 is 5.19. The Morgan fingerprint density at radius 1 is 1.19 bits per heavy atom. The Labute approximate surface area is 153 Å². The van der Waals surface area contributed by atoms with E-state index in [0.717, 1.165) is 11.3 Å². The SMILES string of the molecule is COc1cccc(CNC(=O)[C@@H]2CN(C(=O)c3ccccc3)CCN2)c1. The van der Waals surface area contributed by atoms with Crippen LogP contribution in [0.2, 0.25) is 0 Å². The Balaban J connectivity index is 1.56. The van der Waals surface area contributed by atoms with E-state index in [2.05, 4.69) is 10.6 Å². The summed E-state index contributed by atoms with van der Waals surface area (Å²) in [6.07, 6.45) is 0. The lowest BCUT2D eigenvalue weighted by Gasteiger charge is -2.33. The highest BCUT2D eigenvalue weighted by Gasteiger charge is 2.28. The van der Waals surface area contributed by atoms with Crippen molar-refractivity contribution < 1.29 is 14.3 Å². The number of carbonyl (C=O) groups excluding carboxylic acids is 2. The second-order valence-corrected chi connectivity index (χ2v) is 6.19. The number of ether oxygens (including phenoxy) is 1. The molecule has 3 rings (SSSR count). The molecule has 2 N–H and O–H groups in total. The fourth-order valence-electron chi connectivity index (χ4n) is 2.97. The van der Waals surface area contributed by atoms with Gasteiger partial charge in [-0.05, 0) is 29.8 Å². The smallest absolute Gasteiger partial charge is 0.253 e. The molecule has 1 fully saturated rings. The van der Waals surface area contributed by atoms with Crippen molar-refractivity contribution >= 4 is 11.8 Å². The lowest BCUT2D eigenvalue weighted by Crippen LogP contribution is -2.58. The van der Waals surface area contributed by atoms with Gasteiger partial charge in [0.2, 0.25) is 5.91 Å². The quantitative estimate of drug-likeness (QED) is 0.853. The van der Waals surface area contributed by atoms with Crippen molar-refractivity contribution in [1.82, 2.24) is 15.5 Å². The van der Waals surface area contributed by atoms with Gasteiger partial charge in [-0.25, -0.2) is 0 Å². The minimum absolute atomic E-state index is 0.0438. The molecule has 0 spiro atoms. The standard InChI is InChI=1S/C20H23N3O3/c1-26-17-9-5-6-15(12-17)13-22-19(24)18-14-23(11-10-21-18)20(25)16-7-3-2-4-8-16/h2-9,12,18,21H,10-11,13-14H2,1H3,(H,22,24)/t18-/m0/s1. The first-order valence-electron chi connectivity index (χ1n) is 8.65. The molecule has 1 aliphatic heterocycles. The number of nitrogens with one attached hydrogen (secondary N) is 2. The molecule has 0 saturated carbocycles. The lowest BCUT2D eigenvalue weighted by molar-refractivity contribution is -0.124. The maximum atomic E-state index is 12.6. The van der Waals surface area contributed by atoms with Crippen molar-refractivity contribution in [1.29, 1.82) is 0 Å². The molecule has 136 valence electrons. The van der Waals surface area contributed by atoms with Gasteiger partial charge in [-0.3, -0.25) is 9.59 Å². The number of nitrogens with zero attached hydrogens (tertiary/aromatic N) is 1. The highest BCUT2D eigenvalue weighted by atomic mass is 16.5. The molecular formula is C20H23N3O3. The number of amides is 2. The Bertz CT molecular complexity index is 764. The maximum absolute atomic E-state index is 12.6. The maximum Gasteiger partial charge on any atom is 0.253 e. The molecule has 1 saturated heterocycles. The van der Waals surface area contributed by atoms with Gasteiger partial charge in [0.05, 0.1) is 7.11 Å². The summed E-state index contributed by atoms with van der Waals surface area (Å²) in [6, 6.07) is 16.3. The van der Waals surface area contributed by atoms with E-state index in [1.54, 1.807) is 24.1 Å². The summed E-state index contributed by atoms with van der Waals surface area (Å²) in [5.41, 5.74) is 1.61. The second-order valence-electron chi connectivity index (χ2n) is 6.19. The van der Waals surface area contributed by atoms with Crippen molar-refractivity contribution in [3.8, 4) is 5.75 Å². The first-order valence-corrected chi connectivity index (χ1v) is 8.65. The molecule has 1 aliphatic rings. The Morgan fingerprint density at radius 2 is 2.00 bits per heavy atom. The van der Waals surface area contributed by atoms with E-state index in [9.17, 15) is 9.59 Å². The number of rotatable bonds is 5. The fraction of sp³-hybridized carbons (Fsp3) is 0.300. The number of hydrogen-bond acceptors (Lipinski definition) is 4. The van der Waals surface area contributed by atoms with Crippen LogP contribution in [0, 0.1) is 0 Å². The van der Waals surface area contributed by atoms with Crippen molar-refractivity contribution in [2.75, 3.05) is 26.7 Å². The van der Waals surface area contributed by atoms with Crippen LogP contribution in [0.15, 0.2) is 54.6 Å². The molecule has 0 radical (unpaired) electrons. The van der Waals surface area contributed by atoms with E-state index >= 15 is 0 Å². The van der Waals surface area contributed by atoms with Crippen LogP contribution in [0.25, 0.3) is 0 Å². The summed E-state index contributed by atoms with van der Waals surface area (Å²) in [4.78, 5) is 26.8. The fourth-order valence-corrected chi connectivity index (χ4v) is 2.97. The first kappa shape index (κ1) is 17.9. The Kier molecular flexibility index (Phi) is 5.86. The van der Waals surface area contributed by atoms with Crippen LogP contribution in [-0.4, -0.2) is 49.5 Å². The predicted octanol–water partition coefficient (Wildman–Crippen LogP) is 1.43. The van der Waals surface area contributed by atoms with Gasteiger partial charge < -0.3 is 20.3 Å². The molecule has 26 heavy (non-hydrogen) atoms. The zero-order valence-corrected chi connectivity index (χ0v) is 14.8. The van der Waals surface area contributed by atoms with E-state index in [0.29, 0.717) is 31.7 Å². The van der Waals surface area contributed by atoms with Gasteiger partial charge in [0, 0.05) is 31.7 Å². The van der Waals surface area contributed by atoms with Crippen molar-refractivity contribution in [3.05, 3.63) is 65.7 Å². The van der Waals surface area contributed by atoms with Crippen molar-refractivity contribution in [2.45, 2.75) is 12.6 Å². The second kappa shape index (κ2) is 8.49. The summed E-state index contributed by atoms with van der Waals surface area (Å²) in [5, 5.41) is 6.11. The molecular weight excluding hydrogens is 330 g/mol. The van der Waals surface area contributed by atoms with Crippen LogP contribution in [-0.2, 0) is 11.3 Å². The van der Waals surface area contributed by atoms with Gasteiger partial charge in [0.15, 0.2) is 0 Å². The van der Waals surface area contributed by atoms with Crippen LogP contribution in [0.4, 0.5) is 0 Å². The average Bonchev–Trinajstić information content (AvgIpc) is 2.72. The number of methoxy groups -OCH3 is 1. The van der Waals surface area contributed by atoms with Gasteiger partial charge >= 0.3 is 0 Å². The van der Waals surface area contributed by atoms with Crippen LogP contribution in [0.5, 0.6) is 5.75 Å². The van der Waals surface area contributed by atoms with Gasteiger partial charge in [-0.2, -0.15) is 0 Å². The minimum atomic E-state index is -0.415. The summed E-state index contributed by atoms with van der Waals surface area (Å²) in [5.74, 6) is 0.600. The normalized spacial score (nSPS) is 16.8. The van der Waals surface area contributed by atoms with Crippen LogP contribution in [0.3, 0.4) is 0 Å². The third-order valence-corrected chi connectivity index (χ3v) is 4.40. The minimum Gasteiger partial charge on any atom is -0.497 e. The van der Waals surface area contributed by atoms with Crippen LogP contribution < -0.4 is 15.4 Å². The molecule has 0 aromatic heterocycles. The summed E-state index contributed by atoms with van der Waals surface area (Å²) in [6.45, 7) is 1.96. The van der Waals surface area contributed by atoms with Gasteiger partial charge in [0.25, 0.3) is 5.91 Å². The molecule has 2 aromatic rings. The van der Waals surface area contributed by atoms with E-state index in [-0.39, 0.29) is 11.8 Å². The highest BCUT2D eigenvalue weighted by molar-refractivity contribution is 5.95. The molecule has 1 heterocycles. The van der Waals surface area contributed by atoms with E-state index in [4.69, 9.17) is 4.74 Å². The lowest BCUT2D eigenvalue weighted by atomic mass is 10.1. The molecule has 1 atom stereocenters. The number of carbonyl (C=O) groups is 2. The topological polar surface area (TPSA) is 70.7 Å². The van der Waals surface area contributed by atoms with E-state index in [1.807, 2.05) is 42.5 Å². The van der Waals surface area contributed by atoms with Crippen LogP contribution >= 0.6 is 0 Å². The third kappa shape index (κ3) is 4.40. The zero-order valence-electron chi connectivity index (χ0n) is 14.8. The summed E-state index contributed by atoms with van der Waals surface area (Å²) in [7, 11) is 1.61. The molecule has 0 bridgehead atoms. The molecule has 0 aliphatic carbocycles. The largest absolute Gasteiger partial charge is 0.497 e. The first-order chi connectivity index (χ1) is 12.7. The third-order valence-electron chi connectivity index (χ3n) is 4.40. The highest BCUT2D eigenvalue weighted by Crippen LogP contribution is 2.12. The van der Waals surface area contributed by atoms with E-state index in [1.165, 1.54) is 0 Å². The zero-order chi connectivity index (χ0) is 18.4. The van der Waals surface area contributed by atoms with Crippen molar-refractivity contribution in [2.24, 2.45) is 0 Å². The Hall–Kier alpha value is -2.86. The molecule has 6 nitrogen and oxygen atoms in total. The number of benzene rings is 2. The Morgan fingerprint density at radius 3 is 2.77 bits per heavy atom. The van der Waals surface area contributed by atoms with Gasteiger partial charge in [0.1, 0.15) is 11.8 Å². The predicted molar refractivity (Wildman–Crippen MR) is 99.0 cm³/mol. The molecule has 2 aromatic carbocycles. The molecule has 2 amide bonds. The number of hydrogen-bond donors (Lipinski definition) is 2.